The molecular formula is C9H11Cl2N3OS. The molecule has 1 aromatic rings. The third-order valence-corrected chi connectivity index (χ3v) is 3.14. The Morgan fingerprint density at radius 3 is 2.38 bits per heavy atom. The van der Waals surface area contributed by atoms with Gasteiger partial charge in [0.25, 0.3) is 0 Å². The van der Waals surface area contributed by atoms with Crippen LogP contribution < -0.4 is 5.32 Å². The molecule has 0 saturated carbocycles. The second-order valence-electron chi connectivity index (χ2n) is 2.99. The number of aromatic nitrogens is 2. The first-order valence-corrected chi connectivity index (χ1v) is 6.42. The first-order chi connectivity index (χ1) is 7.54. The Hall–Kier alpha value is -0.520. The number of nitrogens with zero attached hydrogens (tertiary/aromatic N) is 2. The zero-order chi connectivity index (χ0) is 12.1. The summed E-state index contributed by atoms with van der Waals surface area (Å²) >= 11 is 13.3. The standard InChI is InChI=1S/C9H11Cl2N3OS/c1-3-4-16-9-13-7(10)6(8(11)14-9)12-5(2)15/h3-4H2,1-2H3,(H,12,15). The quantitative estimate of drug-likeness (QED) is 0.522. The predicted octanol–water partition coefficient (Wildman–Crippen LogP) is 3.24. The molecule has 0 fully saturated rings. The molecule has 0 unspecified atom stereocenters. The molecule has 0 spiro atoms. The second kappa shape index (κ2) is 6.27. The van der Waals surface area contributed by atoms with Gasteiger partial charge in [-0.15, -0.1) is 0 Å². The van der Waals surface area contributed by atoms with E-state index in [0.29, 0.717) is 5.16 Å². The summed E-state index contributed by atoms with van der Waals surface area (Å²) in [5, 5.41) is 3.33. The van der Waals surface area contributed by atoms with Crippen LogP contribution in [-0.2, 0) is 4.79 Å². The van der Waals surface area contributed by atoms with Crippen molar-refractivity contribution in [2.75, 3.05) is 11.1 Å². The van der Waals surface area contributed by atoms with Crippen LogP contribution in [0.2, 0.25) is 10.3 Å². The SMILES string of the molecule is CCCSc1nc(Cl)c(NC(C)=O)c(Cl)n1. The van der Waals surface area contributed by atoms with Crippen molar-refractivity contribution >= 4 is 46.6 Å². The molecule has 0 saturated heterocycles. The summed E-state index contributed by atoms with van der Waals surface area (Å²) in [4.78, 5) is 19.0. The number of carbonyl (C=O) groups is 1. The topological polar surface area (TPSA) is 54.9 Å². The highest BCUT2D eigenvalue weighted by molar-refractivity contribution is 7.99. The fourth-order valence-electron chi connectivity index (χ4n) is 0.927. The van der Waals surface area contributed by atoms with Gasteiger partial charge in [-0.05, 0) is 6.42 Å². The Morgan fingerprint density at radius 2 is 1.94 bits per heavy atom. The minimum atomic E-state index is -0.263. The molecule has 0 aliphatic carbocycles. The lowest BCUT2D eigenvalue weighted by atomic mass is 10.5. The van der Waals surface area contributed by atoms with Gasteiger partial charge in [0.2, 0.25) is 5.91 Å². The van der Waals surface area contributed by atoms with Gasteiger partial charge in [0.15, 0.2) is 15.5 Å². The van der Waals surface area contributed by atoms with Crippen LogP contribution in [0, 0.1) is 0 Å². The fraction of sp³-hybridized carbons (Fsp3) is 0.444. The summed E-state index contributed by atoms with van der Waals surface area (Å²) in [6.07, 6.45) is 1.01. The highest BCUT2D eigenvalue weighted by Gasteiger charge is 2.12. The van der Waals surface area contributed by atoms with E-state index in [-0.39, 0.29) is 21.9 Å². The van der Waals surface area contributed by atoms with Gasteiger partial charge in [-0.1, -0.05) is 41.9 Å². The van der Waals surface area contributed by atoms with Crippen LogP contribution in [-0.4, -0.2) is 21.6 Å². The molecule has 1 amide bonds. The van der Waals surface area contributed by atoms with Gasteiger partial charge < -0.3 is 5.32 Å². The number of halogens is 2. The Balaban J connectivity index is 2.93. The van der Waals surface area contributed by atoms with Gasteiger partial charge in [-0.3, -0.25) is 4.79 Å². The first-order valence-electron chi connectivity index (χ1n) is 4.68. The molecule has 88 valence electrons. The summed E-state index contributed by atoms with van der Waals surface area (Å²) in [5.74, 6) is 0.632. The number of hydrogen-bond acceptors (Lipinski definition) is 4. The molecule has 0 radical (unpaired) electrons. The molecule has 0 bridgehead atoms. The van der Waals surface area contributed by atoms with Crippen LogP contribution in [0.3, 0.4) is 0 Å². The number of anilines is 1. The highest BCUT2D eigenvalue weighted by atomic mass is 35.5. The van der Waals surface area contributed by atoms with Crippen LogP contribution >= 0.6 is 35.0 Å². The largest absolute Gasteiger partial charge is 0.321 e. The molecule has 4 nitrogen and oxygen atoms in total. The third-order valence-electron chi connectivity index (χ3n) is 1.54. The average Bonchev–Trinajstić information content (AvgIpc) is 2.20. The molecule has 1 N–H and O–H groups in total. The molecule has 1 aromatic heterocycles. The van der Waals surface area contributed by atoms with Crippen molar-refractivity contribution in [3.63, 3.8) is 0 Å². The van der Waals surface area contributed by atoms with E-state index >= 15 is 0 Å². The van der Waals surface area contributed by atoms with Crippen LogP contribution in [0.1, 0.15) is 20.3 Å². The number of nitrogens with one attached hydrogen (secondary N) is 1. The molecule has 0 aliphatic rings. The lowest BCUT2D eigenvalue weighted by Gasteiger charge is -2.07. The number of carbonyl (C=O) groups excluding carboxylic acids is 1. The molecular weight excluding hydrogens is 269 g/mol. The zero-order valence-corrected chi connectivity index (χ0v) is 11.2. The highest BCUT2D eigenvalue weighted by Crippen LogP contribution is 2.29. The second-order valence-corrected chi connectivity index (χ2v) is 4.77. The van der Waals surface area contributed by atoms with E-state index in [0.717, 1.165) is 12.2 Å². The monoisotopic (exact) mass is 279 g/mol. The van der Waals surface area contributed by atoms with Crippen molar-refractivity contribution < 1.29 is 4.79 Å². The fourth-order valence-corrected chi connectivity index (χ4v) is 2.21. The summed E-state index contributed by atoms with van der Waals surface area (Å²) in [6, 6.07) is 0. The molecule has 0 aliphatic heterocycles. The Morgan fingerprint density at radius 1 is 1.38 bits per heavy atom. The minimum absolute atomic E-state index is 0.161. The number of thioether (sulfide) groups is 1. The van der Waals surface area contributed by atoms with Crippen LogP contribution in [0.25, 0.3) is 0 Å². The van der Waals surface area contributed by atoms with Gasteiger partial charge in [-0.25, -0.2) is 9.97 Å². The first kappa shape index (κ1) is 13.5. The summed E-state index contributed by atoms with van der Waals surface area (Å²) in [6.45, 7) is 3.42. The van der Waals surface area contributed by atoms with Crippen molar-refractivity contribution in [2.45, 2.75) is 25.4 Å². The van der Waals surface area contributed by atoms with E-state index in [2.05, 4.69) is 22.2 Å². The summed E-state index contributed by atoms with van der Waals surface area (Å²) in [5.41, 5.74) is 0.261. The Kier molecular flexibility index (Phi) is 5.31. The summed E-state index contributed by atoms with van der Waals surface area (Å²) < 4.78 is 0. The van der Waals surface area contributed by atoms with E-state index < -0.39 is 0 Å². The van der Waals surface area contributed by atoms with E-state index in [1.54, 1.807) is 0 Å². The smallest absolute Gasteiger partial charge is 0.221 e. The molecule has 0 aromatic carbocycles. The van der Waals surface area contributed by atoms with Gasteiger partial charge in [0.05, 0.1) is 0 Å². The van der Waals surface area contributed by atoms with Crippen LogP contribution in [0.5, 0.6) is 0 Å². The normalized spacial score (nSPS) is 10.2. The maximum Gasteiger partial charge on any atom is 0.221 e. The molecule has 1 rings (SSSR count). The average molecular weight is 280 g/mol. The lowest BCUT2D eigenvalue weighted by molar-refractivity contribution is -0.114. The van der Waals surface area contributed by atoms with E-state index in [4.69, 9.17) is 23.2 Å². The van der Waals surface area contributed by atoms with E-state index in [1.165, 1.54) is 18.7 Å². The third kappa shape index (κ3) is 3.81. The number of amides is 1. The maximum atomic E-state index is 10.9. The maximum absolute atomic E-state index is 10.9. The lowest BCUT2D eigenvalue weighted by Crippen LogP contribution is -2.08. The van der Waals surface area contributed by atoms with Crippen molar-refractivity contribution in [1.82, 2.24) is 9.97 Å². The van der Waals surface area contributed by atoms with Crippen molar-refractivity contribution in [1.29, 1.82) is 0 Å². The van der Waals surface area contributed by atoms with Crippen LogP contribution in [0.15, 0.2) is 5.16 Å². The number of rotatable bonds is 4. The molecule has 0 atom stereocenters. The van der Waals surface area contributed by atoms with Gasteiger partial charge in [-0.2, -0.15) is 0 Å². The summed E-state index contributed by atoms with van der Waals surface area (Å²) in [7, 11) is 0. The van der Waals surface area contributed by atoms with Gasteiger partial charge in [0.1, 0.15) is 5.69 Å². The molecule has 16 heavy (non-hydrogen) atoms. The van der Waals surface area contributed by atoms with Crippen molar-refractivity contribution in [3.8, 4) is 0 Å². The minimum Gasteiger partial charge on any atom is -0.321 e. The Labute approximate surface area is 108 Å². The van der Waals surface area contributed by atoms with Gasteiger partial charge >= 0.3 is 0 Å². The van der Waals surface area contributed by atoms with Crippen molar-refractivity contribution in [2.24, 2.45) is 0 Å². The Bertz CT molecular complexity index is 377. The predicted molar refractivity (Wildman–Crippen MR) is 67.4 cm³/mol. The van der Waals surface area contributed by atoms with Crippen molar-refractivity contribution in [3.05, 3.63) is 10.3 Å². The van der Waals surface area contributed by atoms with Crippen LogP contribution in [0.4, 0.5) is 5.69 Å². The number of hydrogen-bond donors (Lipinski definition) is 1. The zero-order valence-electron chi connectivity index (χ0n) is 8.88. The van der Waals surface area contributed by atoms with E-state index in [9.17, 15) is 4.79 Å². The van der Waals surface area contributed by atoms with Gasteiger partial charge in [0, 0.05) is 12.7 Å². The van der Waals surface area contributed by atoms with E-state index in [1.807, 2.05) is 0 Å². The molecule has 7 heteroatoms. The molecule has 1 heterocycles.